The van der Waals surface area contributed by atoms with Crippen molar-refractivity contribution in [3.05, 3.63) is 54.0 Å². The Morgan fingerprint density at radius 2 is 2.03 bits per heavy atom. The largest absolute Gasteiger partial charge is 0.365 e. The molecule has 3 aromatic rings. The normalized spacial score (nSPS) is 16.0. The van der Waals surface area contributed by atoms with E-state index in [1.54, 1.807) is 6.20 Å². The highest BCUT2D eigenvalue weighted by Gasteiger charge is 2.31. The Hall–Kier alpha value is -3.26. The number of nitrogens with zero attached hydrogens (tertiary/aromatic N) is 2. The first-order chi connectivity index (χ1) is 14.4. The molecule has 0 bridgehead atoms. The SMILES string of the molecule is C[C@H](N)[C@H](Nc1nc(Nc2ccc3ncccc3c2)c(C(N)=O)cc1F)C1CCC1. The Morgan fingerprint density at radius 3 is 2.70 bits per heavy atom. The molecule has 0 aliphatic heterocycles. The van der Waals surface area contributed by atoms with E-state index in [0.717, 1.165) is 36.2 Å². The van der Waals surface area contributed by atoms with E-state index in [2.05, 4.69) is 20.6 Å². The van der Waals surface area contributed by atoms with Crippen molar-refractivity contribution in [2.24, 2.45) is 17.4 Å². The van der Waals surface area contributed by atoms with Crippen LogP contribution >= 0.6 is 0 Å². The van der Waals surface area contributed by atoms with Gasteiger partial charge in [0.2, 0.25) is 0 Å². The summed E-state index contributed by atoms with van der Waals surface area (Å²) in [6, 6.07) is 10.2. The van der Waals surface area contributed by atoms with E-state index >= 15 is 0 Å². The smallest absolute Gasteiger partial charge is 0.252 e. The highest BCUT2D eigenvalue weighted by atomic mass is 19.1. The number of fused-ring (bicyclic) bond motifs is 1. The second-order valence-corrected chi connectivity index (χ2v) is 7.84. The summed E-state index contributed by atoms with van der Waals surface area (Å²) in [5.74, 6) is -0.778. The summed E-state index contributed by atoms with van der Waals surface area (Å²) >= 11 is 0. The first kappa shape index (κ1) is 20.0. The second-order valence-electron chi connectivity index (χ2n) is 7.84. The predicted octanol–water partition coefficient (Wildman–Crippen LogP) is 3.54. The molecule has 1 aliphatic rings. The summed E-state index contributed by atoms with van der Waals surface area (Å²) in [6.45, 7) is 1.90. The van der Waals surface area contributed by atoms with Crippen LogP contribution in [0.3, 0.4) is 0 Å². The molecule has 2 aromatic heterocycles. The number of hydrogen-bond donors (Lipinski definition) is 4. The van der Waals surface area contributed by atoms with Crippen LogP contribution in [0.15, 0.2) is 42.6 Å². The molecule has 4 rings (SSSR count). The topological polar surface area (TPSA) is 119 Å². The van der Waals surface area contributed by atoms with Gasteiger partial charge in [-0.05, 0) is 56.0 Å². The maximum Gasteiger partial charge on any atom is 0.252 e. The Morgan fingerprint density at radius 1 is 1.23 bits per heavy atom. The molecule has 1 saturated carbocycles. The fraction of sp³-hybridized carbons (Fsp3) is 0.318. The summed E-state index contributed by atoms with van der Waals surface area (Å²) < 4.78 is 14.7. The van der Waals surface area contributed by atoms with Gasteiger partial charge in [-0.25, -0.2) is 9.37 Å². The molecular formula is C22H25FN6O. The van der Waals surface area contributed by atoms with Crippen molar-refractivity contribution in [1.82, 2.24) is 9.97 Å². The molecule has 6 N–H and O–H groups in total. The number of pyridine rings is 2. The standard InChI is InChI=1S/C22H25FN6O/c1-12(24)19(13-4-2-5-13)28-22-17(23)11-16(20(25)30)21(29-22)27-15-7-8-18-14(10-15)6-3-9-26-18/h3,6-13,19H,2,4-5,24H2,1H3,(H2,25,30)(H2,27,28,29)/t12-,19-/m0/s1. The average Bonchev–Trinajstić information content (AvgIpc) is 2.67. The minimum Gasteiger partial charge on any atom is -0.365 e. The van der Waals surface area contributed by atoms with Crippen molar-refractivity contribution in [1.29, 1.82) is 0 Å². The van der Waals surface area contributed by atoms with Gasteiger partial charge in [-0.1, -0.05) is 12.5 Å². The number of aromatic nitrogens is 2. The summed E-state index contributed by atoms with van der Waals surface area (Å²) in [5.41, 5.74) is 13.1. The van der Waals surface area contributed by atoms with E-state index in [-0.39, 0.29) is 29.3 Å². The first-order valence-electron chi connectivity index (χ1n) is 10.1. The lowest BCUT2D eigenvalue weighted by atomic mass is 9.77. The summed E-state index contributed by atoms with van der Waals surface area (Å²) in [6.07, 6.45) is 4.97. The van der Waals surface area contributed by atoms with Gasteiger partial charge in [0.15, 0.2) is 11.6 Å². The Labute approximate surface area is 174 Å². The molecule has 1 amide bonds. The van der Waals surface area contributed by atoms with Crippen LogP contribution in [0.2, 0.25) is 0 Å². The van der Waals surface area contributed by atoms with Crippen molar-refractivity contribution >= 4 is 34.1 Å². The number of nitrogens with one attached hydrogen (secondary N) is 2. The monoisotopic (exact) mass is 408 g/mol. The summed E-state index contributed by atoms with van der Waals surface area (Å²) in [5, 5.41) is 7.17. The lowest BCUT2D eigenvalue weighted by molar-refractivity contribution is 0.100. The minimum absolute atomic E-state index is 0.0228. The van der Waals surface area contributed by atoms with E-state index in [0.29, 0.717) is 11.6 Å². The molecule has 0 radical (unpaired) electrons. The molecule has 30 heavy (non-hydrogen) atoms. The molecule has 7 nitrogen and oxygen atoms in total. The third kappa shape index (κ3) is 4.04. The maximum absolute atomic E-state index is 14.7. The zero-order valence-corrected chi connectivity index (χ0v) is 16.7. The number of halogens is 1. The van der Waals surface area contributed by atoms with Gasteiger partial charge in [0, 0.05) is 29.4 Å². The number of anilines is 3. The van der Waals surface area contributed by atoms with E-state index in [1.807, 2.05) is 37.3 Å². The first-order valence-corrected chi connectivity index (χ1v) is 10.1. The van der Waals surface area contributed by atoms with Gasteiger partial charge >= 0.3 is 0 Å². The summed E-state index contributed by atoms with van der Waals surface area (Å²) in [4.78, 5) is 20.6. The molecule has 2 heterocycles. The van der Waals surface area contributed by atoms with Crippen LogP contribution in [0.5, 0.6) is 0 Å². The molecule has 0 spiro atoms. The van der Waals surface area contributed by atoms with Gasteiger partial charge < -0.3 is 22.1 Å². The number of hydrogen-bond acceptors (Lipinski definition) is 6. The lowest BCUT2D eigenvalue weighted by Crippen LogP contribution is -2.46. The molecular weight excluding hydrogens is 383 g/mol. The minimum atomic E-state index is -0.763. The van der Waals surface area contributed by atoms with E-state index in [4.69, 9.17) is 11.5 Å². The molecule has 2 atom stereocenters. The zero-order chi connectivity index (χ0) is 21.3. The fourth-order valence-electron chi connectivity index (χ4n) is 3.80. The highest BCUT2D eigenvalue weighted by molar-refractivity contribution is 5.99. The van der Waals surface area contributed by atoms with Crippen LogP contribution in [-0.2, 0) is 0 Å². The third-order valence-corrected chi connectivity index (χ3v) is 5.63. The van der Waals surface area contributed by atoms with Crippen LogP contribution in [0, 0.1) is 11.7 Å². The van der Waals surface area contributed by atoms with Crippen LogP contribution < -0.4 is 22.1 Å². The molecule has 0 unspecified atom stereocenters. The van der Waals surface area contributed by atoms with Crippen molar-refractivity contribution in [3.63, 3.8) is 0 Å². The number of amides is 1. The molecule has 0 saturated heterocycles. The van der Waals surface area contributed by atoms with E-state index in [9.17, 15) is 9.18 Å². The van der Waals surface area contributed by atoms with Gasteiger partial charge in [0.25, 0.3) is 5.91 Å². The number of carbonyl (C=O) groups excluding carboxylic acids is 1. The van der Waals surface area contributed by atoms with Gasteiger partial charge in [0.1, 0.15) is 5.82 Å². The van der Waals surface area contributed by atoms with Gasteiger partial charge in [-0.2, -0.15) is 0 Å². The van der Waals surface area contributed by atoms with Crippen molar-refractivity contribution < 1.29 is 9.18 Å². The Balaban J connectivity index is 1.68. The summed E-state index contributed by atoms with van der Waals surface area (Å²) in [7, 11) is 0. The number of rotatable bonds is 7. The van der Waals surface area contributed by atoms with Gasteiger partial charge in [-0.3, -0.25) is 9.78 Å². The van der Waals surface area contributed by atoms with Gasteiger partial charge in [-0.15, -0.1) is 0 Å². The predicted molar refractivity (Wildman–Crippen MR) is 116 cm³/mol. The molecule has 8 heteroatoms. The van der Waals surface area contributed by atoms with Crippen LogP contribution in [0.1, 0.15) is 36.5 Å². The molecule has 1 aromatic carbocycles. The number of carbonyl (C=O) groups is 1. The Kier molecular flexibility index (Phi) is 5.50. The number of benzene rings is 1. The molecule has 156 valence electrons. The van der Waals surface area contributed by atoms with Crippen molar-refractivity contribution in [2.45, 2.75) is 38.3 Å². The van der Waals surface area contributed by atoms with Crippen molar-refractivity contribution in [3.8, 4) is 0 Å². The third-order valence-electron chi connectivity index (χ3n) is 5.63. The molecule has 1 fully saturated rings. The van der Waals surface area contributed by atoms with Gasteiger partial charge in [0.05, 0.1) is 11.1 Å². The fourth-order valence-corrected chi connectivity index (χ4v) is 3.80. The lowest BCUT2D eigenvalue weighted by Gasteiger charge is -2.37. The van der Waals surface area contributed by atoms with E-state index < -0.39 is 11.7 Å². The quantitative estimate of drug-likeness (QED) is 0.475. The van der Waals surface area contributed by atoms with Crippen molar-refractivity contribution in [2.75, 3.05) is 10.6 Å². The van der Waals surface area contributed by atoms with Crippen LogP contribution in [0.25, 0.3) is 10.9 Å². The second kappa shape index (κ2) is 8.23. The maximum atomic E-state index is 14.7. The number of nitrogens with two attached hydrogens (primary N) is 2. The average molecular weight is 408 g/mol. The number of primary amides is 1. The Bertz CT molecular complexity index is 1080. The van der Waals surface area contributed by atoms with Crippen LogP contribution in [0.4, 0.5) is 21.7 Å². The van der Waals surface area contributed by atoms with Crippen LogP contribution in [-0.4, -0.2) is 28.0 Å². The van der Waals surface area contributed by atoms with E-state index in [1.165, 1.54) is 0 Å². The highest BCUT2D eigenvalue weighted by Crippen LogP contribution is 2.33. The zero-order valence-electron chi connectivity index (χ0n) is 16.7. The molecule has 1 aliphatic carbocycles.